The van der Waals surface area contributed by atoms with E-state index in [2.05, 4.69) is 35.5 Å². The molecule has 36 heavy (non-hydrogen) atoms. The molecule has 1 amide bonds. The van der Waals surface area contributed by atoms with E-state index in [1.165, 1.54) is 6.07 Å². The number of H-pyrrole nitrogens is 2. The van der Waals surface area contributed by atoms with E-state index in [4.69, 9.17) is 4.98 Å². The number of carbonyl (C=O) groups excluding carboxylic acids is 1. The molecule has 0 aliphatic rings. The largest absolute Gasteiger partial charge is 0.336 e. The average molecular weight is 499 g/mol. The van der Waals surface area contributed by atoms with E-state index in [1.807, 2.05) is 25.1 Å². The number of pyridine rings is 3. The normalized spacial score (nSPS) is 11.4. The number of nitrogens with zero attached hydrogens (tertiary/aromatic N) is 5. The number of thiophene rings is 1. The molecule has 0 radical (unpaired) electrons. The molecule has 6 aromatic heterocycles. The molecule has 11 heteroatoms. The van der Waals surface area contributed by atoms with Gasteiger partial charge in [0, 0.05) is 36.1 Å². The highest BCUT2D eigenvalue weighted by molar-refractivity contribution is 7.13. The first-order valence-corrected chi connectivity index (χ1v) is 12.1. The third kappa shape index (κ3) is 3.99. The summed E-state index contributed by atoms with van der Waals surface area (Å²) < 4.78 is 13.6. The Hall–Kier alpha value is -4.51. The predicted octanol–water partition coefficient (Wildman–Crippen LogP) is 5.56. The van der Waals surface area contributed by atoms with Crippen LogP contribution in [0.4, 0.5) is 10.1 Å². The molecule has 3 N–H and O–H groups in total. The van der Waals surface area contributed by atoms with Crippen LogP contribution in [0.3, 0.4) is 0 Å². The highest BCUT2D eigenvalue weighted by atomic mass is 32.1. The van der Waals surface area contributed by atoms with Crippen molar-refractivity contribution >= 4 is 45.0 Å². The van der Waals surface area contributed by atoms with Gasteiger partial charge in [-0.25, -0.2) is 9.97 Å². The first-order chi connectivity index (χ1) is 17.6. The SMILES string of the molecule is CCCC(=O)Nc1cncc(-c2cnc3[nH]nc(-c4nc5c(-c6ccc(F)s6)nccc5[nH]4)c3c2)c1. The van der Waals surface area contributed by atoms with Gasteiger partial charge in [0.25, 0.3) is 0 Å². The lowest BCUT2D eigenvalue weighted by Crippen LogP contribution is -2.10. The van der Waals surface area contributed by atoms with Crippen molar-refractivity contribution in [3.8, 4) is 33.2 Å². The van der Waals surface area contributed by atoms with Crippen molar-refractivity contribution in [2.45, 2.75) is 19.8 Å². The van der Waals surface area contributed by atoms with Gasteiger partial charge in [-0.1, -0.05) is 6.92 Å². The van der Waals surface area contributed by atoms with Crippen molar-refractivity contribution in [3.63, 3.8) is 0 Å². The van der Waals surface area contributed by atoms with Crippen LogP contribution in [0.15, 0.2) is 55.1 Å². The smallest absolute Gasteiger partial charge is 0.224 e. The summed E-state index contributed by atoms with van der Waals surface area (Å²) in [5.74, 6) is 0.492. The second-order valence-electron chi connectivity index (χ2n) is 8.20. The quantitative estimate of drug-likeness (QED) is 0.276. The van der Waals surface area contributed by atoms with Gasteiger partial charge in [-0.2, -0.15) is 9.49 Å². The summed E-state index contributed by atoms with van der Waals surface area (Å²) in [7, 11) is 0. The lowest BCUT2D eigenvalue weighted by atomic mass is 10.1. The molecule has 0 fully saturated rings. The van der Waals surface area contributed by atoms with Crippen molar-refractivity contribution in [3.05, 3.63) is 60.3 Å². The van der Waals surface area contributed by atoms with Crippen molar-refractivity contribution in [2.75, 3.05) is 5.32 Å². The van der Waals surface area contributed by atoms with Gasteiger partial charge in [-0.15, -0.1) is 11.3 Å². The van der Waals surface area contributed by atoms with E-state index < -0.39 is 0 Å². The van der Waals surface area contributed by atoms with Gasteiger partial charge in [-0.3, -0.25) is 19.9 Å². The van der Waals surface area contributed by atoms with Gasteiger partial charge in [-0.05, 0) is 36.8 Å². The number of imidazole rings is 1. The van der Waals surface area contributed by atoms with E-state index in [0.717, 1.165) is 39.8 Å². The Morgan fingerprint density at radius 3 is 2.81 bits per heavy atom. The number of rotatable bonds is 6. The van der Waals surface area contributed by atoms with Crippen LogP contribution >= 0.6 is 11.3 Å². The minimum absolute atomic E-state index is 0.0498. The molecular weight excluding hydrogens is 479 g/mol. The highest BCUT2D eigenvalue weighted by Gasteiger charge is 2.18. The van der Waals surface area contributed by atoms with Crippen LogP contribution in [-0.2, 0) is 4.79 Å². The molecule has 9 nitrogen and oxygen atoms in total. The molecule has 6 rings (SSSR count). The number of anilines is 1. The van der Waals surface area contributed by atoms with Crippen LogP contribution in [0.1, 0.15) is 19.8 Å². The molecule has 6 aromatic rings. The van der Waals surface area contributed by atoms with Gasteiger partial charge in [0.1, 0.15) is 16.9 Å². The maximum absolute atomic E-state index is 13.6. The van der Waals surface area contributed by atoms with Crippen molar-refractivity contribution < 1.29 is 9.18 Å². The second-order valence-corrected chi connectivity index (χ2v) is 9.23. The summed E-state index contributed by atoms with van der Waals surface area (Å²) in [4.78, 5) is 34.0. The number of fused-ring (bicyclic) bond motifs is 2. The molecular formula is C25H19FN8OS. The van der Waals surface area contributed by atoms with E-state index in [9.17, 15) is 9.18 Å². The Kier molecular flexibility index (Phi) is 5.45. The molecule has 0 bridgehead atoms. The van der Waals surface area contributed by atoms with Gasteiger partial charge >= 0.3 is 0 Å². The molecule has 0 saturated heterocycles. The van der Waals surface area contributed by atoms with Gasteiger partial charge < -0.3 is 10.3 Å². The fourth-order valence-electron chi connectivity index (χ4n) is 4.03. The van der Waals surface area contributed by atoms with Crippen LogP contribution in [0.25, 0.3) is 55.3 Å². The van der Waals surface area contributed by atoms with Crippen LogP contribution in [0.5, 0.6) is 0 Å². The van der Waals surface area contributed by atoms with E-state index in [0.29, 0.717) is 45.4 Å². The maximum atomic E-state index is 13.6. The van der Waals surface area contributed by atoms with Crippen LogP contribution in [0, 0.1) is 5.13 Å². The number of carbonyl (C=O) groups is 1. The first kappa shape index (κ1) is 22.0. The Balaban J connectivity index is 1.40. The number of aromatic nitrogens is 7. The fourth-order valence-corrected chi connectivity index (χ4v) is 4.76. The Bertz CT molecular complexity index is 1740. The lowest BCUT2D eigenvalue weighted by molar-refractivity contribution is -0.116. The topological polar surface area (TPSA) is 125 Å². The number of hydrogen-bond acceptors (Lipinski definition) is 7. The van der Waals surface area contributed by atoms with Crippen LogP contribution in [-0.4, -0.2) is 41.0 Å². The van der Waals surface area contributed by atoms with E-state index in [1.54, 1.807) is 30.9 Å². The molecule has 0 atom stereocenters. The molecule has 0 spiro atoms. The maximum Gasteiger partial charge on any atom is 0.224 e. The minimum Gasteiger partial charge on any atom is -0.336 e. The molecule has 0 aliphatic carbocycles. The lowest BCUT2D eigenvalue weighted by Gasteiger charge is -2.07. The molecule has 6 heterocycles. The zero-order chi connectivity index (χ0) is 24.6. The van der Waals surface area contributed by atoms with Crippen LogP contribution < -0.4 is 5.32 Å². The molecule has 0 aliphatic heterocycles. The average Bonchev–Trinajstić information content (AvgIpc) is 3.61. The summed E-state index contributed by atoms with van der Waals surface area (Å²) in [5, 5.41) is 10.8. The fraction of sp³-hybridized carbons (Fsp3) is 0.120. The van der Waals surface area contributed by atoms with Crippen LogP contribution in [0.2, 0.25) is 0 Å². The van der Waals surface area contributed by atoms with Gasteiger partial charge in [0.05, 0.1) is 27.7 Å². The highest BCUT2D eigenvalue weighted by Crippen LogP contribution is 2.33. The first-order valence-electron chi connectivity index (χ1n) is 11.3. The number of hydrogen-bond donors (Lipinski definition) is 3. The predicted molar refractivity (Wildman–Crippen MR) is 137 cm³/mol. The van der Waals surface area contributed by atoms with Gasteiger partial charge in [0.2, 0.25) is 5.91 Å². The van der Waals surface area contributed by atoms with Gasteiger partial charge in [0.15, 0.2) is 16.6 Å². The zero-order valence-corrected chi connectivity index (χ0v) is 19.9. The second kappa shape index (κ2) is 8.93. The number of aromatic amines is 2. The monoisotopic (exact) mass is 498 g/mol. The van der Waals surface area contributed by atoms with E-state index in [-0.39, 0.29) is 11.0 Å². The zero-order valence-electron chi connectivity index (χ0n) is 19.0. The third-order valence-corrected chi connectivity index (χ3v) is 6.56. The molecule has 0 aromatic carbocycles. The number of halogens is 1. The van der Waals surface area contributed by atoms with Crippen molar-refractivity contribution in [2.24, 2.45) is 0 Å². The minimum atomic E-state index is -0.278. The Morgan fingerprint density at radius 2 is 1.97 bits per heavy atom. The summed E-state index contributed by atoms with van der Waals surface area (Å²) in [5.41, 5.74) is 5.46. The molecule has 0 unspecified atom stereocenters. The van der Waals surface area contributed by atoms with Crippen molar-refractivity contribution in [1.29, 1.82) is 0 Å². The van der Waals surface area contributed by atoms with Crippen molar-refractivity contribution in [1.82, 2.24) is 35.1 Å². The Morgan fingerprint density at radius 1 is 1.08 bits per heavy atom. The number of amides is 1. The van der Waals surface area contributed by atoms with E-state index >= 15 is 0 Å². The summed E-state index contributed by atoms with van der Waals surface area (Å²) in [6.07, 6.45) is 7.95. The summed E-state index contributed by atoms with van der Waals surface area (Å²) in [6.45, 7) is 1.96. The molecule has 178 valence electrons. The summed E-state index contributed by atoms with van der Waals surface area (Å²) >= 11 is 1.02. The molecule has 0 saturated carbocycles. The summed E-state index contributed by atoms with van der Waals surface area (Å²) in [6, 6.07) is 8.76. The third-order valence-electron chi connectivity index (χ3n) is 5.68. The number of nitrogens with one attached hydrogen (secondary N) is 3. The standard InChI is InChI=1S/C25H19FN8OS/c1-2-3-20(35)30-15-8-13(10-27-12-15)14-9-16-21(33-34-24(16)29-11-14)25-31-17-6-7-28-23(22(17)32-25)18-4-5-19(26)36-18/h4-12H,2-3H2,1H3,(H,30,35)(H,31,32)(H,29,33,34). The Labute approximate surface area is 207 Å².